The summed E-state index contributed by atoms with van der Waals surface area (Å²) < 4.78 is 20.1. The minimum Gasteiger partial charge on any atom is -0.496 e. The highest BCUT2D eigenvalue weighted by Gasteiger charge is 2.17. The maximum absolute atomic E-state index is 13.4. The number of methoxy groups -OCH3 is 1. The van der Waals surface area contributed by atoms with E-state index in [1.807, 2.05) is 18.2 Å². The number of ether oxygens (including phenoxy) is 1. The van der Waals surface area contributed by atoms with Gasteiger partial charge in [0.2, 0.25) is 0 Å². The first kappa shape index (κ1) is 17.0. The van der Waals surface area contributed by atoms with Gasteiger partial charge < -0.3 is 9.64 Å². The van der Waals surface area contributed by atoms with Crippen LogP contribution in [0.2, 0.25) is 0 Å². The third-order valence-electron chi connectivity index (χ3n) is 3.16. The Morgan fingerprint density at radius 1 is 1.23 bits per heavy atom. The first-order valence-electron chi connectivity index (χ1n) is 6.45. The van der Waals surface area contributed by atoms with Crippen molar-refractivity contribution < 1.29 is 13.9 Å². The van der Waals surface area contributed by atoms with E-state index in [1.165, 1.54) is 23.1 Å². The Labute approximate surface area is 145 Å². The van der Waals surface area contributed by atoms with Crippen molar-refractivity contribution in [1.82, 2.24) is 4.90 Å². The molecule has 0 aliphatic rings. The van der Waals surface area contributed by atoms with Gasteiger partial charge in [0.05, 0.1) is 12.7 Å². The molecule has 0 N–H and O–H groups in total. The molecule has 2 aromatic rings. The fraction of sp³-hybridized carbons (Fsp3) is 0.188. The average Bonchev–Trinajstić information content (AvgIpc) is 2.49. The molecule has 2 rings (SSSR count). The van der Waals surface area contributed by atoms with Crippen LogP contribution in [0.1, 0.15) is 15.9 Å². The summed E-state index contributed by atoms with van der Waals surface area (Å²) >= 11 is 6.68. The molecule has 0 saturated heterocycles. The van der Waals surface area contributed by atoms with E-state index < -0.39 is 5.82 Å². The van der Waals surface area contributed by atoms with Crippen LogP contribution in [0.5, 0.6) is 5.75 Å². The second kappa shape index (κ2) is 7.24. The quantitative estimate of drug-likeness (QED) is 0.707. The summed E-state index contributed by atoms with van der Waals surface area (Å²) in [5, 5.41) is 0. The van der Waals surface area contributed by atoms with Crippen LogP contribution in [0.4, 0.5) is 4.39 Å². The summed E-state index contributed by atoms with van der Waals surface area (Å²) in [5.74, 6) is -0.0189. The van der Waals surface area contributed by atoms with Crippen LogP contribution < -0.4 is 4.74 Å². The predicted molar refractivity (Wildman–Crippen MR) is 90.6 cm³/mol. The number of amides is 1. The molecule has 0 aliphatic carbocycles. The molecule has 116 valence electrons. The molecule has 3 nitrogen and oxygen atoms in total. The van der Waals surface area contributed by atoms with Crippen molar-refractivity contribution >= 4 is 37.8 Å². The van der Waals surface area contributed by atoms with Crippen LogP contribution in [-0.2, 0) is 6.54 Å². The normalized spacial score (nSPS) is 10.4. The van der Waals surface area contributed by atoms with Gasteiger partial charge in [0.15, 0.2) is 0 Å². The van der Waals surface area contributed by atoms with Crippen molar-refractivity contribution in [3.63, 3.8) is 0 Å². The van der Waals surface area contributed by atoms with Gasteiger partial charge in [-0.15, -0.1) is 0 Å². The van der Waals surface area contributed by atoms with Gasteiger partial charge in [0.25, 0.3) is 5.91 Å². The highest BCUT2D eigenvalue weighted by Crippen LogP contribution is 2.25. The van der Waals surface area contributed by atoms with Gasteiger partial charge in [0, 0.05) is 28.1 Å². The second-order valence-corrected chi connectivity index (χ2v) is 6.51. The number of benzene rings is 2. The van der Waals surface area contributed by atoms with E-state index in [1.54, 1.807) is 14.2 Å². The zero-order valence-electron chi connectivity index (χ0n) is 12.1. The van der Waals surface area contributed by atoms with Gasteiger partial charge in [-0.1, -0.05) is 15.9 Å². The summed E-state index contributed by atoms with van der Waals surface area (Å²) in [6.45, 7) is 0.352. The van der Waals surface area contributed by atoms with Crippen LogP contribution >= 0.6 is 31.9 Å². The molecule has 0 bridgehead atoms. The first-order valence-corrected chi connectivity index (χ1v) is 8.04. The van der Waals surface area contributed by atoms with E-state index in [9.17, 15) is 9.18 Å². The van der Waals surface area contributed by atoms with Gasteiger partial charge in [-0.3, -0.25) is 4.79 Å². The molecular weight excluding hydrogens is 417 g/mol. The SMILES string of the molecule is COc1ccc(Br)cc1CN(C)C(=O)c1cc(F)ccc1Br. The molecule has 0 aliphatic heterocycles. The van der Waals surface area contributed by atoms with Gasteiger partial charge in [-0.05, 0) is 52.3 Å². The van der Waals surface area contributed by atoms with Gasteiger partial charge in [0.1, 0.15) is 11.6 Å². The number of hydrogen-bond donors (Lipinski definition) is 0. The van der Waals surface area contributed by atoms with Gasteiger partial charge in [-0.2, -0.15) is 0 Å². The second-order valence-electron chi connectivity index (χ2n) is 4.74. The molecule has 2 aromatic carbocycles. The fourth-order valence-corrected chi connectivity index (χ4v) is 2.89. The molecule has 0 aromatic heterocycles. The summed E-state index contributed by atoms with van der Waals surface area (Å²) in [6, 6.07) is 9.64. The highest BCUT2D eigenvalue weighted by atomic mass is 79.9. The Balaban J connectivity index is 2.25. The lowest BCUT2D eigenvalue weighted by Gasteiger charge is -2.20. The smallest absolute Gasteiger partial charge is 0.255 e. The zero-order valence-corrected chi connectivity index (χ0v) is 15.2. The van der Waals surface area contributed by atoms with Crippen LogP contribution in [-0.4, -0.2) is 25.0 Å². The van der Waals surface area contributed by atoms with E-state index in [2.05, 4.69) is 31.9 Å². The minimum atomic E-state index is -0.444. The Bertz CT molecular complexity index is 707. The average molecular weight is 431 g/mol. The maximum atomic E-state index is 13.4. The molecule has 0 fully saturated rings. The third-order valence-corrected chi connectivity index (χ3v) is 4.34. The third kappa shape index (κ3) is 3.87. The molecule has 1 amide bonds. The Morgan fingerprint density at radius 2 is 1.95 bits per heavy atom. The van der Waals surface area contributed by atoms with Crippen molar-refractivity contribution in [2.75, 3.05) is 14.2 Å². The molecule has 0 atom stereocenters. The summed E-state index contributed by atoms with van der Waals surface area (Å²) in [6.07, 6.45) is 0. The predicted octanol–water partition coefficient (Wildman–Crippen LogP) is 4.63. The Kier molecular flexibility index (Phi) is 5.58. The maximum Gasteiger partial charge on any atom is 0.255 e. The summed E-state index contributed by atoms with van der Waals surface area (Å²) in [5.41, 5.74) is 1.15. The monoisotopic (exact) mass is 429 g/mol. The molecule has 6 heteroatoms. The molecule has 0 radical (unpaired) electrons. The Morgan fingerprint density at radius 3 is 2.64 bits per heavy atom. The van der Waals surface area contributed by atoms with Crippen molar-refractivity contribution in [3.05, 3.63) is 62.3 Å². The molecule has 0 saturated carbocycles. The first-order chi connectivity index (χ1) is 10.4. The minimum absolute atomic E-state index is 0.270. The largest absolute Gasteiger partial charge is 0.496 e. The van der Waals surface area contributed by atoms with Crippen LogP contribution in [0.25, 0.3) is 0 Å². The van der Waals surface area contributed by atoms with E-state index in [-0.39, 0.29) is 11.5 Å². The highest BCUT2D eigenvalue weighted by molar-refractivity contribution is 9.10. The number of hydrogen-bond acceptors (Lipinski definition) is 2. The molecule has 0 spiro atoms. The molecule has 0 heterocycles. The van der Waals surface area contributed by atoms with Crippen molar-refractivity contribution in [2.45, 2.75) is 6.54 Å². The lowest BCUT2D eigenvalue weighted by Crippen LogP contribution is -2.26. The number of carbonyl (C=O) groups is 1. The van der Waals surface area contributed by atoms with Crippen molar-refractivity contribution in [2.24, 2.45) is 0 Å². The topological polar surface area (TPSA) is 29.5 Å². The number of carbonyl (C=O) groups excluding carboxylic acids is 1. The van der Waals surface area contributed by atoms with Crippen molar-refractivity contribution in [1.29, 1.82) is 0 Å². The number of halogens is 3. The van der Waals surface area contributed by atoms with E-state index in [4.69, 9.17) is 4.74 Å². The fourth-order valence-electron chi connectivity index (χ4n) is 2.07. The van der Waals surface area contributed by atoms with Crippen LogP contribution in [0.3, 0.4) is 0 Å². The summed E-state index contributed by atoms with van der Waals surface area (Å²) in [7, 11) is 3.25. The molecule has 22 heavy (non-hydrogen) atoms. The zero-order chi connectivity index (χ0) is 16.3. The molecule has 0 unspecified atom stereocenters. The van der Waals surface area contributed by atoms with Crippen molar-refractivity contribution in [3.8, 4) is 5.75 Å². The lowest BCUT2D eigenvalue weighted by molar-refractivity contribution is 0.0783. The standard InChI is InChI=1S/C16H14Br2FNO2/c1-20(9-10-7-11(17)3-6-15(10)22-2)16(21)13-8-12(19)4-5-14(13)18/h3-8H,9H2,1-2H3. The van der Waals surface area contributed by atoms with E-state index >= 15 is 0 Å². The summed E-state index contributed by atoms with van der Waals surface area (Å²) in [4.78, 5) is 14.0. The molecular formula is C16H14Br2FNO2. The van der Waals surface area contributed by atoms with Crippen LogP contribution in [0.15, 0.2) is 45.3 Å². The number of rotatable bonds is 4. The van der Waals surface area contributed by atoms with Crippen LogP contribution in [0, 0.1) is 5.82 Å². The van der Waals surface area contributed by atoms with Gasteiger partial charge in [-0.25, -0.2) is 4.39 Å². The lowest BCUT2D eigenvalue weighted by atomic mass is 10.1. The van der Waals surface area contributed by atoms with E-state index in [0.717, 1.165) is 10.0 Å². The van der Waals surface area contributed by atoms with E-state index in [0.29, 0.717) is 16.8 Å². The number of nitrogens with zero attached hydrogens (tertiary/aromatic N) is 1. The van der Waals surface area contributed by atoms with Gasteiger partial charge >= 0.3 is 0 Å². The Hall–Kier alpha value is -1.40.